The van der Waals surface area contributed by atoms with E-state index in [0.717, 1.165) is 5.69 Å². The van der Waals surface area contributed by atoms with Crippen molar-refractivity contribution in [3.8, 4) is 0 Å². The lowest BCUT2D eigenvalue weighted by Crippen LogP contribution is -2.57. The van der Waals surface area contributed by atoms with Gasteiger partial charge in [0, 0.05) is 39.3 Å². The van der Waals surface area contributed by atoms with Gasteiger partial charge in [-0.2, -0.15) is 18.3 Å². The molecule has 9 heteroatoms. The molecule has 25 heavy (non-hydrogen) atoms. The van der Waals surface area contributed by atoms with Crippen LogP contribution in [0.2, 0.25) is 0 Å². The highest BCUT2D eigenvalue weighted by Crippen LogP contribution is 2.25. The molecule has 0 spiro atoms. The van der Waals surface area contributed by atoms with E-state index >= 15 is 0 Å². The highest BCUT2D eigenvalue weighted by atomic mass is 19.4. The van der Waals surface area contributed by atoms with Crippen LogP contribution in [0, 0.1) is 0 Å². The molecule has 0 radical (unpaired) electrons. The van der Waals surface area contributed by atoms with E-state index in [0.29, 0.717) is 38.4 Å². The third-order valence-electron chi connectivity index (χ3n) is 4.35. The summed E-state index contributed by atoms with van der Waals surface area (Å²) in [6.45, 7) is 7.41. The Kier molecular flexibility index (Phi) is 6.45. The molecule has 1 aromatic rings. The number of nitrogens with zero attached hydrogens (tertiary/aromatic N) is 3. The normalized spacial score (nSPS) is 17.7. The van der Waals surface area contributed by atoms with Gasteiger partial charge in [0.15, 0.2) is 0 Å². The monoisotopic (exact) mass is 361 g/mol. The fourth-order valence-electron chi connectivity index (χ4n) is 2.87. The van der Waals surface area contributed by atoms with Gasteiger partial charge in [0.25, 0.3) is 5.91 Å². The van der Waals surface area contributed by atoms with Crippen LogP contribution in [-0.2, 0) is 6.54 Å². The standard InChI is InChI=1S/C16H26F3N5O/c1-4-24-13(9-12(22-24)11(2)3)15(25)21-10-14(16(17,18)19)23-7-5-20-6-8-23/h9,11,14,20H,4-8,10H2,1-3H3,(H,21,25). The van der Waals surface area contributed by atoms with Gasteiger partial charge in [-0.15, -0.1) is 0 Å². The molecule has 6 nitrogen and oxygen atoms in total. The van der Waals surface area contributed by atoms with E-state index in [1.165, 1.54) is 9.58 Å². The highest BCUT2D eigenvalue weighted by molar-refractivity contribution is 5.92. The van der Waals surface area contributed by atoms with Gasteiger partial charge in [-0.05, 0) is 18.9 Å². The molecule has 2 rings (SSSR count). The van der Waals surface area contributed by atoms with Crippen LogP contribution in [0.25, 0.3) is 0 Å². The van der Waals surface area contributed by atoms with Crippen molar-refractivity contribution < 1.29 is 18.0 Å². The van der Waals surface area contributed by atoms with Crippen molar-refractivity contribution in [2.75, 3.05) is 32.7 Å². The van der Waals surface area contributed by atoms with Crippen LogP contribution in [0.4, 0.5) is 13.2 Å². The number of carbonyl (C=O) groups is 1. The van der Waals surface area contributed by atoms with Crippen molar-refractivity contribution in [2.45, 2.75) is 45.5 Å². The zero-order valence-corrected chi connectivity index (χ0v) is 14.9. The predicted molar refractivity (Wildman–Crippen MR) is 88.6 cm³/mol. The minimum Gasteiger partial charge on any atom is -0.349 e. The van der Waals surface area contributed by atoms with Crippen molar-refractivity contribution in [1.29, 1.82) is 0 Å². The maximum atomic E-state index is 13.4. The smallest absolute Gasteiger partial charge is 0.349 e. The van der Waals surface area contributed by atoms with Crippen molar-refractivity contribution in [3.05, 3.63) is 17.5 Å². The Hall–Kier alpha value is -1.61. The van der Waals surface area contributed by atoms with E-state index in [2.05, 4.69) is 15.7 Å². The van der Waals surface area contributed by atoms with Gasteiger partial charge in [-0.3, -0.25) is 14.4 Å². The van der Waals surface area contributed by atoms with E-state index < -0.39 is 24.7 Å². The summed E-state index contributed by atoms with van der Waals surface area (Å²) in [6.07, 6.45) is -4.39. The fourth-order valence-corrected chi connectivity index (χ4v) is 2.87. The Bertz CT molecular complexity index is 579. The Labute approximate surface area is 145 Å². The minimum atomic E-state index is -4.39. The lowest BCUT2D eigenvalue weighted by Gasteiger charge is -2.35. The number of hydrogen-bond donors (Lipinski definition) is 2. The van der Waals surface area contributed by atoms with Gasteiger partial charge >= 0.3 is 6.18 Å². The lowest BCUT2D eigenvalue weighted by atomic mass is 10.1. The molecule has 1 aliphatic heterocycles. The summed E-state index contributed by atoms with van der Waals surface area (Å²) in [5.41, 5.74) is 1.05. The second-order valence-corrected chi connectivity index (χ2v) is 6.48. The van der Waals surface area contributed by atoms with Crippen LogP contribution < -0.4 is 10.6 Å². The average Bonchev–Trinajstić information content (AvgIpc) is 2.99. The number of aryl methyl sites for hydroxylation is 1. The molecule has 1 aromatic heterocycles. The number of alkyl halides is 3. The number of carbonyl (C=O) groups excluding carboxylic acids is 1. The molecule has 2 N–H and O–H groups in total. The quantitative estimate of drug-likeness (QED) is 0.808. The first kappa shape index (κ1) is 19.7. The zero-order chi connectivity index (χ0) is 18.6. The number of amides is 1. The molecule has 1 fully saturated rings. The van der Waals surface area contributed by atoms with Gasteiger partial charge in [0.1, 0.15) is 11.7 Å². The number of hydrogen-bond acceptors (Lipinski definition) is 4. The maximum absolute atomic E-state index is 13.4. The van der Waals surface area contributed by atoms with Gasteiger partial charge in [-0.25, -0.2) is 0 Å². The van der Waals surface area contributed by atoms with Crippen LogP contribution >= 0.6 is 0 Å². The first-order chi connectivity index (χ1) is 11.7. The number of aromatic nitrogens is 2. The van der Waals surface area contributed by atoms with Crippen molar-refractivity contribution in [2.24, 2.45) is 0 Å². The Morgan fingerprint density at radius 3 is 2.52 bits per heavy atom. The minimum absolute atomic E-state index is 0.142. The fraction of sp³-hybridized carbons (Fsp3) is 0.750. The summed E-state index contributed by atoms with van der Waals surface area (Å²) in [5, 5.41) is 9.81. The summed E-state index contributed by atoms with van der Waals surface area (Å²) in [6, 6.07) is -0.0298. The molecule has 0 bridgehead atoms. The lowest BCUT2D eigenvalue weighted by molar-refractivity contribution is -0.183. The van der Waals surface area contributed by atoms with Gasteiger partial charge in [-0.1, -0.05) is 13.8 Å². The van der Waals surface area contributed by atoms with E-state index in [1.807, 2.05) is 20.8 Å². The summed E-state index contributed by atoms with van der Waals surface area (Å²) < 4.78 is 41.7. The summed E-state index contributed by atoms with van der Waals surface area (Å²) in [5.74, 6) is -0.381. The van der Waals surface area contributed by atoms with Crippen molar-refractivity contribution >= 4 is 5.91 Å². The topological polar surface area (TPSA) is 62.2 Å². The molecule has 1 amide bonds. The first-order valence-electron chi connectivity index (χ1n) is 8.61. The maximum Gasteiger partial charge on any atom is 0.405 e. The molecule has 0 aromatic carbocycles. The molecule has 142 valence electrons. The van der Waals surface area contributed by atoms with Gasteiger partial charge < -0.3 is 10.6 Å². The average molecular weight is 361 g/mol. The summed E-state index contributed by atoms with van der Waals surface area (Å²) >= 11 is 0. The van der Waals surface area contributed by atoms with Gasteiger partial charge in [0.2, 0.25) is 0 Å². The van der Waals surface area contributed by atoms with Crippen LogP contribution in [0.5, 0.6) is 0 Å². The van der Waals surface area contributed by atoms with E-state index in [4.69, 9.17) is 0 Å². The number of nitrogens with one attached hydrogen (secondary N) is 2. The second kappa shape index (κ2) is 8.18. The Balaban J connectivity index is 2.08. The first-order valence-corrected chi connectivity index (χ1v) is 8.61. The number of halogens is 3. The molecule has 0 aliphatic carbocycles. The second-order valence-electron chi connectivity index (χ2n) is 6.48. The van der Waals surface area contributed by atoms with Crippen LogP contribution in [0.15, 0.2) is 6.07 Å². The number of rotatable bonds is 6. The molecule has 1 saturated heterocycles. The van der Waals surface area contributed by atoms with Crippen LogP contribution in [-0.4, -0.2) is 65.5 Å². The predicted octanol–water partition coefficient (Wildman–Crippen LogP) is 1.59. The summed E-state index contributed by atoms with van der Waals surface area (Å²) in [7, 11) is 0. The molecular weight excluding hydrogens is 335 g/mol. The van der Waals surface area contributed by atoms with E-state index in [-0.39, 0.29) is 5.92 Å². The molecule has 1 aliphatic rings. The third-order valence-corrected chi connectivity index (χ3v) is 4.35. The highest BCUT2D eigenvalue weighted by Gasteiger charge is 2.43. The molecule has 1 unspecified atom stereocenters. The van der Waals surface area contributed by atoms with Crippen molar-refractivity contribution in [1.82, 2.24) is 25.3 Å². The summed E-state index contributed by atoms with van der Waals surface area (Å²) in [4.78, 5) is 13.8. The van der Waals surface area contributed by atoms with E-state index in [1.54, 1.807) is 6.07 Å². The largest absolute Gasteiger partial charge is 0.405 e. The molecule has 1 atom stereocenters. The molecular formula is C16H26F3N5O. The Morgan fingerprint density at radius 1 is 1.36 bits per heavy atom. The Morgan fingerprint density at radius 2 is 2.00 bits per heavy atom. The van der Waals surface area contributed by atoms with Crippen LogP contribution in [0.1, 0.15) is 42.9 Å². The van der Waals surface area contributed by atoms with Crippen LogP contribution in [0.3, 0.4) is 0 Å². The third kappa shape index (κ3) is 4.94. The SMILES string of the molecule is CCn1nc(C(C)C)cc1C(=O)NCC(N1CCNCC1)C(F)(F)F. The molecule has 2 heterocycles. The zero-order valence-electron chi connectivity index (χ0n) is 14.9. The van der Waals surface area contributed by atoms with E-state index in [9.17, 15) is 18.0 Å². The molecule has 0 saturated carbocycles. The number of piperazine rings is 1. The van der Waals surface area contributed by atoms with Gasteiger partial charge in [0.05, 0.1) is 5.69 Å². The van der Waals surface area contributed by atoms with Crippen molar-refractivity contribution in [3.63, 3.8) is 0 Å².